The van der Waals surface area contributed by atoms with Gasteiger partial charge in [-0.2, -0.15) is 5.26 Å². The van der Waals surface area contributed by atoms with Crippen LogP contribution in [0, 0.1) is 11.3 Å². The van der Waals surface area contributed by atoms with Gasteiger partial charge in [-0.1, -0.05) is 18.2 Å². The Balaban J connectivity index is 2.03. The average molecular weight is 244 g/mol. The molecule has 0 saturated heterocycles. The van der Waals surface area contributed by atoms with E-state index in [4.69, 9.17) is 5.26 Å². The van der Waals surface area contributed by atoms with E-state index in [0.29, 0.717) is 0 Å². The van der Waals surface area contributed by atoms with Crippen molar-refractivity contribution in [3.05, 3.63) is 35.2 Å². The summed E-state index contributed by atoms with van der Waals surface area (Å²) in [6.07, 6.45) is 0.967. The fourth-order valence-electron chi connectivity index (χ4n) is 1.78. The summed E-state index contributed by atoms with van der Waals surface area (Å²) >= 11 is 1.78. The maximum atomic E-state index is 8.91. The molecule has 2 rings (SSSR count). The van der Waals surface area contributed by atoms with Crippen LogP contribution in [0.15, 0.2) is 29.6 Å². The number of rotatable bonds is 4. The van der Waals surface area contributed by atoms with Gasteiger partial charge in [0.05, 0.1) is 6.07 Å². The van der Waals surface area contributed by atoms with Crippen molar-refractivity contribution in [2.75, 3.05) is 6.54 Å². The topological polar surface area (TPSA) is 35.8 Å². The molecule has 3 heteroatoms. The number of nitrogens with zero attached hydrogens (tertiary/aromatic N) is 1. The lowest BCUT2D eigenvalue weighted by Crippen LogP contribution is -2.38. The van der Waals surface area contributed by atoms with Crippen molar-refractivity contribution in [2.24, 2.45) is 0 Å². The monoisotopic (exact) mass is 244 g/mol. The molecule has 0 aliphatic carbocycles. The van der Waals surface area contributed by atoms with Gasteiger partial charge in [-0.3, -0.25) is 5.32 Å². The molecule has 0 spiro atoms. The van der Waals surface area contributed by atoms with Crippen molar-refractivity contribution in [1.29, 1.82) is 5.26 Å². The van der Waals surface area contributed by atoms with Crippen LogP contribution in [0.2, 0.25) is 0 Å². The smallest absolute Gasteiger partial charge is 0.101 e. The Labute approximate surface area is 106 Å². The van der Waals surface area contributed by atoms with Crippen molar-refractivity contribution in [3.8, 4) is 6.07 Å². The summed E-state index contributed by atoms with van der Waals surface area (Å²) in [7, 11) is 0. The third-order valence-corrected chi connectivity index (χ3v) is 3.81. The van der Waals surface area contributed by atoms with Crippen LogP contribution in [0.3, 0.4) is 0 Å². The highest BCUT2D eigenvalue weighted by Crippen LogP contribution is 2.25. The molecule has 1 aromatic heterocycles. The summed E-state index contributed by atoms with van der Waals surface area (Å²) in [4.78, 5) is 0. The van der Waals surface area contributed by atoms with Gasteiger partial charge in [-0.25, -0.2) is 0 Å². The van der Waals surface area contributed by atoms with Gasteiger partial charge < -0.3 is 0 Å². The van der Waals surface area contributed by atoms with Gasteiger partial charge in [0, 0.05) is 11.2 Å². The first-order valence-electron chi connectivity index (χ1n) is 5.74. The Morgan fingerprint density at radius 2 is 2.12 bits per heavy atom. The minimum atomic E-state index is -0.439. The Morgan fingerprint density at radius 3 is 2.88 bits per heavy atom. The maximum absolute atomic E-state index is 8.91. The van der Waals surface area contributed by atoms with Crippen LogP contribution in [0.1, 0.15) is 19.4 Å². The minimum absolute atomic E-state index is 0.439. The first kappa shape index (κ1) is 12.1. The van der Waals surface area contributed by atoms with Gasteiger partial charge in [-0.05, 0) is 42.7 Å². The second-order valence-electron chi connectivity index (χ2n) is 4.67. The predicted molar refractivity (Wildman–Crippen MR) is 73.2 cm³/mol. The van der Waals surface area contributed by atoms with Crippen LogP contribution >= 0.6 is 11.3 Å². The lowest BCUT2D eigenvalue weighted by atomic mass is 10.1. The highest BCUT2D eigenvalue weighted by molar-refractivity contribution is 7.17. The van der Waals surface area contributed by atoms with E-state index in [0.717, 1.165) is 13.0 Å². The van der Waals surface area contributed by atoms with Crippen LogP contribution in [-0.2, 0) is 6.42 Å². The van der Waals surface area contributed by atoms with Crippen molar-refractivity contribution < 1.29 is 0 Å². The number of nitrogens with one attached hydrogen (secondary N) is 1. The average Bonchev–Trinajstić information content (AvgIpc) is 2.73. The van der Waals surface area contributed by atoms with E-state index in [-0.39, 0.29) is 0 Å². The van der Waals surface area contributed by atoms with Crippen LogP contribution in [0.4, 0.5) is 0 Å². The molecule has 2 nitrogen and oxygen atoms in total. The number of hydrogen-bond donors (Lipinski definition) is 1. The van der Waals surface area contributed by atoms with Gasteiger partial charge in [0.25, 0.3) is 0 Å². The number of thiophene rings is 1. The summed E-state index contributed by atoms with van der Waals surface area (Å²) in [5.74, 6) is 0. The Bertz CT molecular complexity index is 549. The molecule has 0 aliphatic heterocycles. The molecule has 88 valence electrons. The van der Waals surface area contributed by atoms with Crippen molar-refractivity contribution in [2.45, 2.75) is 25.8 Å². The Hall–Kier alpha value is -1.37. The zero-order valence-corrected chi connectivity index (χ0v) is 11.0. The molecule has 0 unspecified atom stereocenters. The molecule has 0 fully saturated rings. The third-order valence-electron chi connectivity index (χ3n) is 2.80. The highest BCUT2D eigenvalue weighted by Gasteiger charge is 2.14. The normalized spacial score (nSPS) is 11.6. The van der Waals surface area contributed by atoms with Crippen LogP contribution < -0.4 is 5.32 Å². The molecular formula is C14H16N2S. The largest absolute Gasteiger partial charge is 0.300 e. The molecule has 1 N–H and O–H groups in total. The third kappa shape index (κ3) is 2.85. The molecule has 2 aromatic rings. The maximum Gasteiger partial charge on any atom is 0.101 e. The number of nitriles is 1. The number of fused-ring (bicyclic) bond motifs is 1. The first-order chi connectivity index (χ1) is 8.12. The predicted octanol–water partition coefficient (Wildman–Crippen LogP) is 3.34. The van der Waals surface area contributed by atoms with Gasteiger partial charge in [0.1, 0.15) is 5.54 Å². The number of benzene rings is 1. The van der Waals surface area contributed by atoms with E-state index < -0.39 is 5.54 Å². The van der Waals surface area contributed by atoms with Gasteiger partial charge >= 0.3 is 0 Å². The molecule has 1 heterocycles. The summed E-state index contributed by atoms with van der Waals surface area (Å²) in [5.41, 5.74) is 0.929. The van der Waals surface area contributed by atoms with Crippen LogP contribution in [-0.4, -0.2) is 12.1 Å². The van der Waals surface area contributed by atoms with Crippen molar-refractivity contribution in [3.63, 3.8) is 0 Å². The van der Waals surface area contributed by atoms with E-state index in [9.17, 15) is 0 Å². The molecule has 0 radical (unpaired) electrons. The lowest BCUT2D eigenvalue weighted by molar-refractivity contribution is 0.490. The van der Waals surface area contributed by atoms with E-state index in [2.05, 4.69) is 41.0 Å². The SMILES string of the molecule is CC(C)(C#N)NCCc1csc2ccccc12. The summed E-state index contributed by atoms with van der Waals surface area (Å²) in [5, 5.41) is 15.7. The second-order valence-corrected chi connectivity index (χ2v) is 5.58. The Kier molecular flexibility index (Phi) is 3.46. The van der Waals surface area contributed by atoms with Gasteiger partial charge in [0.15, 0.2) is 0 Å². The molecule has 1 aromatic carbocycles. The molecule has 0 atom stereocenters. The van der Waals surface area contributed by atoms with E-state index in [1.807, 2.05) is 13.8 Å². The fourth-order valence-corrected chi connectivity index (χ4v) is 2.77. The van der Waals surface area contributed by atoms with E-state index in [1.54, 1.807) is 11.3 Å². The van der Waals surface area contributed by atoms with Crippen molar-refractivity contribution >= 4 is 21.4 Å². The van der Waals surface area contributed by atoms with E-state index >= 15 is 0 Å². The zero-order chi connectivity index (χ0) is 12.3. The van der Waals surface area contributed by atoms with Crippen LogP contribution in [0.25, 0.3) is 10.1 Å². The van der Waals surface area contributed by atoms with Crippen LogP contribution in [0.5, 0.6) is 0 Å². The first-order valence-corrected chi connectivity index (χ1v) is 6.62. The number of hydrogen-bond acceptors (Lipinski definition) is 3. The molecule has 0 amide bonds. The standard InChI is InChI=1S/C14H16N2S/c1-14(2,10-15)16-8-7-11-9-17-13-6-4-3-5-12(11)13/h3-6,9,16H,7-8H2,1-2H3. The zero-order valence-electron chi connectivity index (χ0n) is 10.2. The molecule has 0 saturated carbocycles. The second kappa shape index (κ2) is 4.87. The van der Waals surface area contributed by atoms with Crippen molar-refractivity contribution in [1.82, 2.24) is 5.32 Å². The molecule has 0 bridgehead atoms. The van der Waals surface area contributed by atoms with Gasteiger partial charge in [0.2, 0.25) is 0 Å². The highest BCUT2D eigenvalue weighted by atomic mass is 32.1. The lowest BCUT2D eigenvalue weighted by Gasteiger charge is -2.16. The van der Waals surface area contributed by atoms with Gasteiger partial charge in [-0.15, -0.1) is 11.3 Å². The summed E-state index contributed by atoms with van der Waals surface area (Å²) in [6.45, 7) is 4.64. The molecule has 0 aliphatic rings. The summed E-state index contributed by atoms with van der Waals surface area (Å²) in [6, 6.07) is 10.7. The van der Waals surface area contributed by atoms with E-state index in [1.165, 1.54) is 15.6 Å². The Morgan fingerprint density at radius 1 is 1.35 bits per heavy atom. The molecular weight excluding hydrogens is 228 g/mol. The summed E-state index contributed by atoms with van der Waals surface area (Å²) < 4.78 is 1.34. The fraction of sp³-hybridized carbons (Fsp3) is 0.357. The minimum Gasteiger partial charge on any atom is -0.300 e. The molecule has 17 heavy (non-hydrogen) atoms. The quantitative estimate of drug-likeness (QED) is 0.895.